The maximum absolute atomic E-state index is 4.57. The molecule has 0 heterocycles. The minimum Gasteiger partial charge on any atom is -0.0993 e. The van der Waals surface area contributed by atoms with Crippen LogP contribution in [0.3, 0.4) is 0 Å². The van der Waals surface area contributed by atoms with Crippen molar-refractivity contribution in [3.8, 4) is 0 Å². The van der Waals surface area contributed by atoms with Gasteiger partial charge in [0, 0.05) is 0 Å². The average molecular weight is 503 g/mol. The molecular weight excluding hydrogens is 444 g/mol. The van der Waals surface area contributed by atoms with Crippen molar-refractivity contribution < 1.29 is 0 Å². The molecule has 0 heteroatoms. The van der Waals surface area contributed by atoms with Crippen LogP contribution in [0, 0.1) is 46.3 Å². The Kier molecular flexibility index (Phi) is 9.18. The normalized spacial score (nSPS) is 36.0. The minimum atomic E-state index is 0.417. The third-order valence-corrected chi connectivity index (χ3v) is 11.8. The Hall–Kier alpha value is -1.30. The van der Waals surface area contributed by atoms with Crippen molar-refractivity contribution in [2.75, 3.05) is 0 Å². The summed E-state index contributed by atoms with van der Waals surface area (Å²) in [7, 11) is 0. The van der Waals surface area contributed by atoms with Gasteiger partial charge in [0.1, 0.15) is 0 Å². The predicted octanol–water partition coefficient (Wildman–Crippen LogP) is 11.4. The van der Waals surface area contributed by atoms with E-state index in [-0.39, 0.29) is 0 Å². The Morgan fingerprint density at radius 3 is 2.35 bits per heavy atom. The smallest absolute Gasteiger partial charge is 0.00301 e. The first kappa shape index (κ1) is 28.7. The van der Waals surface area contributed by atoms with Gasteiger partial charge in [0.15, 0.2) is 0 Å². The number of rotatable bonds is 10. The highest BCUT2D eigenvalue weighted by atomic mass is 14.6. The van der Waals surface area contributed by atoms with E-state index in [0.29, 0.717) is 34.5 Å². The van der Waals surface area contributed by atoms with E-state index < -0.39 is 0 Å². The van der Waals surface area contributed by atoms with Crippen molar-refractivity contribution in [2.45, 2.75) is 125 Å². The topological polar surface area (TPSA) is 0 Å². The van der Waals surface area contributed by atoms with Crippen LogP contribution >= 0.6 is 0 Å². The van der Waals surface area contributed by atoms with Crippen LogP contribution in [0.25, 0.3) is 0 Å². The van der Waals surface area contributed by atoms with Gasteiger partial charge >= 0.3 is 0 Å². The lowest BCUT2D eigenvalue weighted by atomic mass is 9.61. The van der Waals surface area contributed by atoms with Gasteiger partial charge in [-0.3, -0.25) is 0 Å². The monoisotopic (exact) mass is 502 g/mol. The second kappa shape index (κ2) is 11.8. The van der Waals surface area contributed by atoms with E-state index in [1.807, 2.05) is 0 Å². The van der Waals surface area contributed by atoms with E-state index >= 15 is 0 Å². The maximum Gasteiger partial charge on any atom is -0.00301 e. The Labute approximate surface area is 230 Å². The SMILES string of the molecule is C=C1[C@H](C)CC(=C/C=C2\CCC[C@]3(C)[C@@H]([C@H](C)/C=C/[C@@H](C)C4(C(=C)CCCCC)CC4)CC[C@@H]23)C[C@H]1C. The van der Waals surface area contributed by atoms with E-state index in [4.69, 9.17) is 0 Å². The van der Waals surface area contributed by atoms with Crippen LogP contribution in [0.5, 0.6) is 0 Å². The van der Waals surface area contributed by atoms with Gasteiger partial charge in [-0.1, -0.05) is 114 Å². The fourth-order valence-corrected chi connectivity index (χ4v) is 8.89. The molecule has 7 atom stereocenters. The van der Waals surface area contributed by atoms with E-state index in [1.165, 1.54) is 89.0 Å². The quantitative estimate of drug-likeness (QED) is 0.206. The number of hydrogen-bond donors (Lipinski definition) is 0. The molecule has 0 aromatic heterocycles. The molecule has 0 nitrogen and oxygen atoms in total. The minimum absolute atomic E-state index is 0.417. The van der Waals surface area contributed by atoms with Gasteiger partial charge < -0.3 is 0 Å². The van der Waals surface area contributed by atoms with Gasteiger partial charge in [0.25, 0.3) is 0 Å². The summed E-state index contributed by atoms with van der Waals surface area (Å²) in [5.41, 5.74) is 7.30. The zero-order chi connectivity index (χ0) is 26.8. The first-order valence-corrected chi connectivity index (χ1v) is 16.1. The third kappa shape index (κ3) is 5.99. The first-order valence-electron chi connectivity index (χ1n) is 16.1. The molecule has 4 aliphatic carbocycles. The van der Waals surface area contributed by atoms with Gasteiger partial charge in [-0.05, 0) is 117 Å². The molecule has 4 rings (SSSR count). The standard InChI is InChI=1S/C37H58/c1-9-10-11-13-29(5)37(22-23-37)30(6)16-15-26(2)34-19-20-35-33(14-12-21-36(34,35)8)18-17-32-24-27(3)31(7)28(4)25-32/h15-18,26-28,30,34-35H,5,7,9-14,19-25H2,1-4,6,8H3/b16-15+,33-18+/t26-,27-,28-,30-,34-,35+,36-/m1/s1. The largest absolute Gasteiger partial charge is 0.0993 e. The highest BCUT2D eigenvalue weighted by molar-refractivity contribution is 5.29. The lowest BCUT2D eigenvalue weighted by Crippen LogP contribution is -2.35. The summed E-state index contributed by atoms with van der Waals surface area (Å²) >= 11 is 0. The summed E-state index contributed by atoms with van der Waals surface area (Å²) < 4.78 is 0. The van der Waals surface area contributed by atoms with Gasteiger partial charge in [0.2, 0.25) is 0 Å². The average Bonchev–Trinajstić information content (AvgIpc) is 3.60. The summed E-state index contributed by atoms with van der Waals surface area (Å²) in [6.45, 7) is 23.6. The molecule has 0 aromatic carbocycles. The second-order valence-electron chi connectivity index (χ2n) is 14.2. The Morgan fingerprint density at radius 1 is 1.00 bits per heavy atom. The van der Waals surface area contributed by atoms with Crippen LogP contribution in [-0.4, -0.2) is 0 Å². The molecule has 4 saturated carbocycles. The summed E-state index contributed by atoms with van der Waals surface area (Å²) in [5, 5.41) is 0. The molecular formula is C37H58. The molecule has 0 aromatic rings. The van der Waals surface area contributed by atoms with Crippen LogP contribution in [-0.2, 0) is 0 Å². The van der Waals surface area contributed by atoms with Crippen LogP contribution in [0.15, 0.2) is 59.8 Å². The van der Waals surface area contributed by atoms with Crippen molar-refractivity contribution in [1.82, 2.24) is 0 Å². The van der Waals surface area contributed by atoms with E-state index in [9.17, 15) is 0 Å². The van der Waals surface area contributed by atoms with Crippen LogP contribution in [0.2, 0.25) is 0 Å². The summed E-state index contributed by atoms with van der Waals surface area (Å²) in [6.07, 6.45) is 27.6. The lowest BCUT2D eigenvalue weighted by molar-refractivity contribution is 0.112. The zero-order valence-corrected chi connectivity index (χ0v) is 25.4. The van der Waals surface area contributed by atoms with Crippen molar-refractivity contribution in [1.29, 1.82) is 0 Å². The van der Waals surface area contributed by atoms with Crippen LogP contribution in [0.1, 0.15) is 125 Å². The molecule has 4 fully saturated rings. The van der Waals surface area contributed by atoms with Gasteiger partial charge in [-0.15, -0.1) is 0 Å². The molecule has 37 heavy (non-hydrogen) atoms. The van der Waals surface area contributed by atoms with Crippen molar-refractivity contribution in [2.24, 2.45) is 46.3 Å². The highest BCUT2D eigenvalue weighted by Crippen LogP contribution is 2.61. The van der Waals surface area contributed by atoms with Crippen molar-refractivity contribution >= 4 is 0 Å². The van der Waals surface area contributed by atoms with Crippen LogP contribution in [0.4, 0.5) is 0 Å². The number of unbranched alkanes of at least 4 members (excludes halogenated alkanes) is 2. The fourth-order valence-electron chi connectivity index (χ4n) is 8.89. The Bertz CT molecular complexity index is 904. The molecule has 0 unspecified atom stereocenters. The van der Waals surface area contributed by atoms with Crippen LogP contribution < -0.4 is 0 Å². The molecule has 0 radical (unpaired) electrons. The molecule has 206 valence electrons. The first-order chi connectivity index (χ1) is 17.6. The van der Waals surface area contributed by atoms with Gasteiger partial charge in [0.05, 0.1) is 0 Å². The molecule has 0 saturated heterocycles. The fraction of sp³-hybridized carbons (Fsp3) is 0.730. The molecule has 0 N–H and O–H groups in total. The molecule has 0 amide bonds. The Balaban J connectivity index is 1.40. The second-order valence-corrected chi connectivity index (χ2v) is 14.2. The highest BCUT2D eigenvalue weighted by Gasteiger charge is 2.51. The summed E-state index contributed by atoms with van der Waals surface area (Å²) in [5.74, 6) is 4.19. The van der Waals surface area contributed by atoms with Gasteiger partial charge in [-0.2, -0.15) is 0 Å². The lowest BCUT2D eigenvalue weighted by Gasteiger charge is -2.44. The summed E-state index contributed by atoms with van der Waals surface area (Å²) in [6, 6.07) is 0. The van der Waals surface area contributed by atoms with Crippen molar-refractivity contribution in [3.05, 3.63) is 59.8 Å². The zero-order valence-electron chi connectivity index (χ0n) is 25.4. The number of hydrogen-bond acceptors (Lipinski definition) is 0. The number of fused-ring (bicyclic) bond motifs is 1. The van der Waals surface area contributed by atoms with E-state index in [0.717, 1.165) is 11.8 Å². The molecule has 0 aliphatic heterocycles. The molecule has 0 bridgehead atoms. The Morgan fingerprint density at radius 2 is 1.70 bits per heavy atom. The summed E-state index contributed by atoms with van der Waals surface area (Å²) in [4.78, 5) is 0. The van der Waals surface area contributed by atoms with E-state index in [1.54, 1.807) is 16.7 Å². The maximum atomic E-state index is 4.57. The predicted molar refractivity (Wildman–Crippen MR) is 163 cm³/mol. The van der Waals surface area contributed by atoms with Gasteiger partial charge in [-0.25, -0.2) is 0 Å². The van der Waals surface area contributed by atoms with Crippen molar-refractivity contribution in [3.63, 3.8) is 0 Å². The molecule has 4 aliphatic rings. The van der Waals surface area contributed by atoms with E-state index in [2.05, 4.69) is 79.0 Å². The number of allylic oxidation sites excluding steroid dienone is 8. The third-order valence-electron chi connectivity index (χ3n) is 11.8. The molecule has 0 spiro atoms.